The van der Waals surface area contributed by atoms with Gasteiger partial charge in [0.25, 0.3) is 0 Å². The van der Waals surface area contributed by atoms with Crippen molar-refractivity contribution in [2.45, 2.75) is 57.6 Å². The van der Waals surface area contributed by atoms with Crippen LogP contribution in [-0.4, -0.2) is 30.2 Å². The molecule has 0 N–H and O–H groups in total. The fraction of sp³-hybridized carbons (Fsp3) is 0.632. The maximum Gasteiger partial charge on any atom is 0.239 e. The number of nitrogens with zero attached hydrogens (tertiary/aromatic N) is 1. The summed E-state index contributed by atoms with van der Waals surface area (Å²) < 4.78 is 0. The highest BCUT2D eigenvalue weighted by atomic mass is 32.2. The summed E-state index contributed by atoms with van der Waals surface area (Å²) in [6.07, 6.45) is 7.58. The molecular weight excluding hydrogens is 290 g/mol. The molecule has 1 aromatic carbocycles. The molecule has 0 spiro atoms. The zero-order chi connectivity index (χ0) is 16.2. The average molecular weight is 322 g/mol. The predicted octanol–water partition coefficient (Wildman–Crippen LogP) is 5.30. The molecule has 124 valence electrons. The zero-order valence-corrected chi connectivity index (χ0v) is 15.2. The number of unbranched alkanes of at least 4 members (excludes halogenated alkanes) is 5. The monoisotopic (exact) mass is 321 g/mol. The highest BCUT2D eigenvalue weighted by Gasteiger charge is 2.23. The first-order valence-electron chi connectivity index (χ1n) is 8.62. The SMILES string of the molecule is CCCCCCCCN(C)C(=O)C(SCC)c1ccccc1. The molecular formula is C19H31NOS. The van der Waals surface area contributed by atoms with Crippen molar-refractivity contribution in [2.24, 2.45) is 0 Å². The lowest BCUT2D eigenvalue weighted by molar-refractivity contribution is -0.129. The molecule has 1 rings (SSSR count). The maximum absolute atomic E-state index is 12.7. The van der Waals surface area contributed by atoms with Gasteiger partial charge < -0.3 is 4.90 Å². The number of thioether (sulfide) groups is 1. The molecule has 1 amide bonds. The Balaban J connectivity index is 2.44. The lowest BCUT2D eigenvalue weighted by Crippen LogP contribution is -2.31. The second-order valence-corrected chi connectivity index (χ2v) is 7.16. The van der Waals surface area contributed by atoms with E-state index in [0.29, 0.717) is 0 Å². The van der Waals surface area contributed by atoms with Gasteiger partial charge in [0.15, 0.2) is 0 Å². The molecule has 0 radical (unpaired) electrons. The summed E-state index contributed by atoms with van der Waals surface area (Å²) in [5, 5.41) is -0.0590. The van der Waals surface area contributed by atoms with Crippen molar-refractivity contribution in [3.8, 4) is 0 Å². The Kier molecular flexibility index (Phi) is 10.1. The van der Waals surface area contributed by atoms with E-state index in [0.717, 1.165) is 24.3 Å². The molecule has 3 heteroatoms. The molecule has 0 aliphatic heterocycles. The van der Waals surface area contributed by atoms with Gasteiger partial charge in [0.2, 0.25) is 5.91 Å². The first-order chi connectivity index (χ1) is 10.7. The third kappa shape index (κ3) is 6.87. The van der Waals surface area contributed by atoms with Crippen LogP contribution in [0.2, 0.25) is 0 Å². The Bertz CT molecular complexity index is 407. The van der Waals surface area contributed by atoms with E-state index in [1.165, 1.54) is 32.1 Å². The van der Waals surface area contributed by atoms with E-state index >= 15 is 0 Å². The third-order valence-electron chi connectivity index (χ3n) is 3.88. The molecule has 0 aliphatic carbocycles. The van der Waals surface area contributed by atoms with E-state index in [1.54, 1.807) is 11.8 Å². The lowest BCUT2D eigenvalue weighted by atomic mass is 10.1. The largest absolute Gasteiger partial charge is 0.345 e. The van der Waals surface area contributed by atoms with Crippen LogP contribution in [-0.2, 0) is 4.79 Å². The fourth-order valence-corrected chi connectivity index (χ4v) is 3.55. The van der Waals surface area contributed by atoms with Crippen molar-refractivity contribution in [2.75, 3.05) is 19.3 Å². The van der Waals surface area contributed by atoms with E-state index in [1.807, 2.05) is 30.1 Å². The number of carbonyl (C=O) groups is 1. The Hall–Kier alpha value is -0.960. The van der Waals surface area contributed by atoms with Gasteiger partial charge in [-0.05, 0) is 17.7 Å². The van der Waals surface area contributed by atoms with Gasteiger partial charge in [-0.3, -0.25) is 4.79 Å². The second kappa shape index (κ2) is 11.6. The number of hydrogen-bond donors (Lipinski definition) is 0. The number of rotatable bonds is 11. The van der Waals surface area contributed by atoms with Crippen molar-refractivity contribution in [3.05, 3.63) is 35.9 Å². The number of amides is 1. The van der Waals surface area contributed by atoms with Gasteiger partial charge in [0.05, 0.1) is 0 Å². The Morgan fingerprint density at radius 2 is 1.68 bits per heavy atom. The molecule has 1 aromatic rings. The molecule has 0 bridgehead atoms. The molecule has 0 fully saturated rings. The van der Waals surface area contributed by atoms with Gasteiger partial charge in [-0.25, -0.2) is 0 Å². The lowest BCUT2D eigenvalue weighted by Gasteiger charge is -2.23. The summed E-state index contributed by atoms with van der Waals surface area (Å²) >= 11 is 1.73. The standard InChI is InChI=1S/C19H31NOS/c1-4-6-7-8-9-13-16-20(3)19(21)18(22-5-2)17-14-11-10-12-15-17/h10-12,14-15,18H,4-9,13,16H2,1-3H3. The molecule has 1 atom stereocenters. The number of hydrogen-bond acceptors (Lipinski definition) is 2. The highest BCUT2D eigenvalue weighted by molar-refractivity contribution is 8.00. The average Bonchev–Trinajstić information content (AvgIpc) is 2.55. The van der Waals surface area contributed by atoms with Crippen LogP contribution in [0.4, 0.5) is 0 Å². The minimum Gasteiger partial charge on any atom is -0.345 e. The minimum absolute atomic E-state index is 0.0590. The van der Waals surface area contributed by atoms with Crippen molar-refractivity contribution in [1.29, 1.82) is 0 Å². The summed E-state index contributed by atoms with van der Waals surface area (Å²) in [7, 11) is 1.94. The van der Waals surface area contributed by atoms with Gasteiger partial charge in [0, 0.05) is 13.6 Å². The number of benzene rings is 1. The first kappa shape index (κ1) is 19.1. The van der Waals surface area contributed by atoms with Crippen LogP contribution in [0, 0.1) is 0 Å². The summed E-state index contributed by atoms with van der Waals surface area (Å²) in [4.78, 5) is 14.6. The topological polar surface area (TPSA) is 20.3 Å². The summed E-state index contributed by atoms with van der Waals surface area (Å²) in [5.74, 6) is 1.20. The van der Waals surface area contributed by atoms with Crippen LogP contribution in [0.3, 0.4) is 0 Å². The quantitative estimate of drug-likeness (QED) is 0.515. The molecule has 1 unspecified atom stereocenters. The van der Waals surface area contributed by atoms with Crippen LogP contribution in [0.5, 0.6) is 0 Å². The minimum atomic E-state index is -0.0590. The van der Waals surface area contributed by atoms with Crippen LogP contribution in [0.25, 0.3) is 0 Å². The van der Waals surface area contributed by atoms with Crippen LogP contribution in [0.15, 0.2) is 30.3 Å². The molecule has 22 heavy (non-hydrogen) atoms. The van der Waals surface area contributed by atoms with Crippen molar-refractivity contribution < 1.29 is 4.79 Å². The maximum atomic E-state index is 12.7. The Labute approximate surface area is 140 Å². The summed E-state index contributed by atoms with van der Waals surface area (Å²) in [5.41, 5.74) is 1.12. The Morgan fingerprint density at radius 3 is 2.32 bits per heavy atom. The van der Waals surface area contributed by atoms with Crippen LogP contribution < -0.4 is 0 Å². The molecule has 0 saturated heterocycles. The molecule has 0 saturated carbocycles. The van der Waals surface area contributed by atoms with Gasteiger partial charge in [-0.1, -0.05) is 76.3 Å². The number of likely N-dealkylation sites (N-methyl/N-ethyl adjacent to an activating group) is 1. The highest BCUT2D eigenvalue weighted by Crippen LogP contribution is 2.30. The summed E-state index contributed by atoms with van der Waals surface area (Å²) in [6, 6.07) is 10.1. The van der Waals surface area contributed by atoms with Crippen LogP contribution >= 0.6 is 11.8 Å². The predicted molar refractivity (Wildman–Crippen MR) is 98.3 cm³/mol. The summed E-state index contributed by atoms with van der Waals surface area (Å²) in [6.45, 7) is 5.22. The van der Waals surface area contributed by atoms with E-state index in [4.69, 9.17) is 0 Å². The van der Waals surface area contributed by atoms with E-state index in [2.05, 4.69) is 26.0 Å². The van der Waals surface area contributed by atoms with Crippen LogP contribution in [0.1, 0.15) is 63.2 Å². The van der Waals surface area contributed by atoms with E-state index in [-0.39, 0.29) is 11.2 Å². The normalized spacial score (nSPS) is 12.1. The number of carbonyl (C=O) groups excluding carboxylic acids is 1. The van der Waals surface area contributed by atoms with Crippen molar-refractivity contribution in [3.63, 3.8) is 0 Å². The molecule has 0 aromatic heterocycles. The Morgan fingerprint density at radius 1 is 1.05 bits per heavy atom. The first-order valence-corrected chi connectivity index (χ1v) is 9.67. The van der Waals surface area contributed by atoms with E-state index in [9.17, 15) is 4.79 Å². The second-order valence-electron chi connectivity index (χ2n) is 5.77. The third-order valence-corrected chi connectivity index (χ3v) is 5.02. The molecule has 0 heterocycles. The van der Waals surface area contributed by atoms with Crippen molar-refractivity contribution >= 4 is 17.7 Å². The smallest absolute Gasteiger partial charge is 0.239 e. The van der Waals surface area contributed by atoms with Gasteiger partial charge >= 0.3 is 0 Å². The molecule has 0 aliphatic rings. The fourth-order valence-electron chi connectivity index (χ4n) is 2.54. The van der Waals surface area contributed by atoms with Crippen molar-refractivity contribution in [1.82, 2.24) is 4.90 Å². The van der Waals surface area contributed by atoms with Gasteiger partial charge in [0.1, 0.15) is 5.25 Å². The molecule has 2 nitrogen and oxygen atoms in total. The van der Waals surface area contributed by atoms with Gasteiger partial charge in [-0.2, -0.15) is 0 Å². The van der Waals surface area contributed by atoms with Gasteiger partial charge in [-0.15, -0.1) is 11.8 Å². The van der Waals surface area contributed by atoms with E-state index < -0.39 is 0 Å². The zero-order valence-electron chi connectivity index (χ0n) is 14.4.